The molecular formula is C13H11BrFNO2. The van der Waals surface area contributed by atoms with Crippen LogP contribution >= 0.6 is 15.9 Å². The Morgan fingerprint density at radius 3 is 2.78 bits per heavy atom. The Hall–Kier alpha value is -1.46. The quantitative estimate of drug-likeness (QED) is 0.936. The van der Waals surface area contributed by atoms with Crippen LogP contribution < -0.4 is 4.74 Å². The maximum absolute atomic E-state index is 13.1. The SMILES string of the molecule is C[C@@H](O)c1cc(F)ccc1Oc1cncc(Br)c1. The molecule has 0 amide bonds. The van der Waals surface area contributed by atoms with Gasteiger partial charge in [-0.2, -0.15) is 0 Å². The van der Waals surface area contributed by atoms with Crippen LogP contribution in [-0.2, 0) is 0 Å². The molecule has 1 heterocycles. The third-order valence-corrected chi connectivity index (χ3v) is 2.76. The van der Waals surface area contributed by atoms with E-state index in [2.05, 4.69) is 20.9 Å². The second-order valence-electron chi connectivity index (χ2n) is 3.80. The first kappa shape index (κ1) is 13.0. The lowest BCUT2D eigenvalue weighted by molar-refractivity contribution is 0.195. The minimum Gasteiger partial charge on any atom is -0.455 e. The molecule has 2 rings (SSSR count). The number of aliphatic hydroxyl groups excluding tert-OH is 1. The average Bonchev–Trinajstić information content (AvgIpc) is 2.31. The van der Waals surface area contributed by atoms with Gasteiger partial charge in [-0.25, -0.2) is 4.39 Å². The number of halogens is 2. The summed E-state index contributed by atoms with van der Waals surface area (Å²) in [4.78, 5) is 3.96. The van der Waals surface area contributed by atoms with Gasteiger partial charge < -0.3 is 9.84 Å². The third-order valence-electron chi connectivity index (χ3n) is 2.33. The lowest BCUT2D eigenvalue weighted by atomic mass is 10.1. The Morgan fingerprint density at radius 1 is 1.33 bits per heavy atom. The van der Waals surface area contributed by atoms with Gasteiger partial charge in [-0.3, -0.25) is 4.98 Å². The monoisotopic (exact) mass is 311 g/mol. The second kappa shape index (κ2) is 5.46. The molecule has 1 N–H and O–H groups in total. The van der Waals surface area contributed by atoms with Gasteiger partial charge in [0.1, 0.15) is 17.3 Å². The Morgan fingerprint density at radius 2 is 2.11 bits per heavy atom. The standard InChI is InChI=1S/C13H11BrFNO2/c1-8(17)12-5-10(15)2-3-13(12)18-11-4-9(14)6-16-7-11/h2-8,17H,1H3/t8-/m1/s1. The van der Waals surface area contributed by atoms with E-state index in [9.17, 15) is 9.50 Å². The van der Waals surface area contributed by atoms with E-state index in [0.717, 1.165) is 4.47 Å². The van der Waals surface area contributed by atoms with Crippen LogP contribution in [0.1, 0.15) is 18.6 Å². The van der Waals surface area contributed by atoms with Crippen molar-refractivity contribution in [1.29, 1.82) is 0 Å². The Balaban J connectivity index is 2.34. The number of aromatic nitrogens is 1. The van der Waals surface area contributed by atoms with Crippen LogP contribution in [0.4, 0.5) is 4.39 Å². The van der Waals surface area contributed by atoms with Crippen LogP contribution in [0.5, 0.6) is 11.5 Å². The van der Waals surface area contributed by atoms with Gasteiger partial charge in [0.05, 0.1) is 12.3 Å². The van der Waals surface area contributed by atoms with Gasteiger partial charge >= 0.3 is 0 Å². The minimum absolute atomic E-state index is 0.398. The molecule has 0 bridgehead atoms. The highest BCUT2D eigenvalue weighted by Gasteiger charge is 2.11. The van der Waals surface area contributed by atoms with Crippen molar-refractivity contribution in [2.75, 3.05) is 0 Å². The van der Waals surface area contributed by atoms with E-state index < -0.39 is 11.9 Å². The fraction of sp³-hybridized carbons (Fsp3) is 0.154. The molecule has 1 aromatic carbocycles. The molecule has 0 fully saturated rings. The number of hydrogen-bond donors (Lipinski definition) is 1. The Kier molecular flexibility index (Phi) is 3.93. The molecule has 1 aromatic heterocycles. The molecule has 5 heteroatoms. The fourth-order valence-corrected chi connectivity index (χ4v) is 1.86. The molecule has 0 spiro atoms. The molecule has 0 aliphatic carbocycles. The highest BCUT2D eigenvalue weighted by molar-refractivity contribution is 9.10. The van der Waals surface area contributed by atoms with Gasteiger partial charge in [-0.15, -0.1) is 0 Å². The number of benzene rings is 1. The molecule has 18 heavy (non-hydrogen) atoms. The maximum Gasteiger partial charge on any atom is 0.146 e. The van der Waals surface area contributed by atoms with Crippen molar-refractivity contribution < 1.29 is 14.2 Å². The summed E-state index contributed by atoms with van der Waals surface area (Å²) in [5.74, 6) is 0.509. The lowest BCUT2D eigenvalue weighted by Gasteiger charge is -2.13. The van der Waals surface area contributed by atoms with E-state index >= 15 is 0 Å². The first-order chi connectivity index (χ1) is 8.56. The topological polar surface area (TPSA) is 42.4 Å². The summed E-state index contributed by atoms with van der Waals surface area (Å²) >= 11 is 3.28. The van der Waals surface area contributed by atoms with Crippen molar-refractivity contribution in [3.05, 3.63) is 52.5 Å². The van der Waals surface area contributed by atoms with E-state index in [4.69, 9.17) is 4.74 Å². The van der Waals surface area contributed by atoms with Crippen LogP contribution in [0.25, 0.3) is 0 Å². The summed E-state index contributed by atoms with van der Waals surface area (Å²) in [6.07, 6.45) is 2.36. The highest BCUT2D eigenvalue weighted by Crippen LogP contribution is 2.30. The number of ether oxygens (including phenoxy) is 1. The summed E-state index contributed by atoms with van der Waals surface area (Å²) in [6.45, 7) is 1.56. The maximum atomic E-state index is 13.1. The molecule has 3 nitrogen and oxygen atoms in total. The average molecular weight is 312 g/mol. The third kappa shape index (κ3) is 3.05. The van der Waals surface area contributed by atoms with Gasteiger partial charge in [0, 0.05) is 16.2 Å². The number of hydrogen-bond acceptors (Lipinski definition) is 3. The van der Waals surface area contributed by atoms with Crippen molar-refractivity contribution in [1.82, 2.24) is 4.98 Å². The second-order valence-corrected chi connectivity index (χ2v) is 4.71. The van der Waals surface area contributed by atoms with Crippen molar-refractivity contribution in [2.24, 2.45) is 0 Å². The van der Waals surface area contributed by atoms with Crippen LogP contribution in [0.15, 0.2) is 41.1 Å². The molecule has 0 saturated carbocycles. The van der Waals surface area contributed by atoms with E-state index in [-0.39, 0.29) is 0 Å². The summed E-state index contributed by atoms with van der Waals surface area (Å²) in [5, 5.41) is 9.59. The van der Waals surface area contributed by atoms with Crippen LogP contribution in [0, 0.1) is 5.82 Å². The predicted octanol–water partition coefficient (Wildman–Crippen LogP) is 3.83. The summed E-state index contributed by atoms with van der Waals surface area (Å²) < 4.78 is 19.5. The summed E-state index contributed by atoms with van der Waals surface area (Å²) in [7, 11) is 0. The molecule has 94 valence electrons. The van der Waals surface area contributed by atoms with Gasteiger partial charge in [0.15, 0.2) is 0 Å². The molecule has 1 atom stereocenters. The number of aliphatic hydroxyl groups is 1. The summed E-state index contributed by atoms with van der Waals surface area (Å²) in [6, 6.07) is 5.76. The van der Waals surface area contributed by atoms with Crippen molar-refractivity contribution in [3.8, 4) is 11.5 Å². The van der Waals surface area contributed by atoms with E-state index in [1.807, 2.05) is 0 Å². The van der Waals surface area contributed by atoms with E-state index in [1.54, 1.807) is 25.4 Å². The molecule has 0 aliphatic rings. The van der Waals surface area contributed by atoms with Gasteiger partial charge in [0.2, 0.25) is 0 Å². The van der Waals surface area contributed by atoms with Crippen LogP contribution in [0.3, 0.4) is 0 Å². The largest absolute Gasteiger partial charge is 0.455 e. The van der Waals surface area contributed by atoms with Gasteiger partial charge in [-0.1, -0.05) is 0 Å². The zero-order valence-electron chi connectivity index (χ0n) is 9.60. The number of rotatable bonds is 3. The fourth-order valence-electron chi connectivity index (χ4n) is 1.51. The number of nitrogens with zero attached hydrogens (tertiary/aromatic N) is 1. The van der Waals surface area contributed by atoms with Crippen LogP contribution in [-0.4, -0.2) is 10.1 Å². The Labute approximate surface area is 112 Å². The first-order valence-electron chi connectivity index (χ1n) is 5.32. The molecule has 2 aromatic rings. The molecule has 0 radical (unpaired) electrons. The first-order valence-corrected chi connectivity index (χ1v) is 6.11. The van der Waals surface area contributed by atoms with E-state index in [1.165, 1.54) is 18.2 Å². The summed E-state index contributed by atoms with van der Waals surface area (Å²) in [5.41, 5.74) is 0.398. The molecular weight excluding hydrogens is 301 g/mol. The zero-order valence-corrected chi connectivity index (χ0v) is 11.2. The molecule has 0 unspecified atom stereocenters. The zero-order chi connectivity index (χ0) is 13.1. The smallest absolute Gasteiger partial charge is 0.146 e. The highest BCUT2D eigenvalue weighted by atomic mass is 79.9. The number of pyridine rings is 1. The van der Waals surface area contributed by atoms with Crippen molar-refractivity contribution >= 4 is 15.9 Å². The van der Waals surface area contributed by atoms with Gasteiger partial charge in [0.25, 0.3) is 0 Å². The molecule has 0 saturated heterocycles. The van der Waals surface area contributed by atoms with E-state index in [0.29, 0.717) is 17.1 Å². The van der Waals surface area contributed by atoms with Crippen molar-refractivity contribution in [3.63, 3.8) is 0 Å². The normalized spacial score (nSPS) is 12.2. The predicted molar refractivity (Wildman–Crippen MR) is 69.0 cm³/mol. The van der Waals surface area contributed by atoms with Crippen LogP contribution in [0.2, 0.25) is 0 Å². The lowest BCUT2D eigenvalue weighted by Crippen LogP contribution is -1.97. The van der Waals surface area contributed by atoms with Gasteiger partial charge in [-0.05, 0) is 47.1 Å². The van der Waals surface area contributed by atoms with Crippen molar-refractivity contribution in [2.45, 2.75) is 13.0 Å². The minimum atomic E-state index is -0.809. The Bertz CT molecular complexity index is 560. The molecule has 0 aliphatic heterocycles.